The van der Waals surface area contributed by atoms with Crippen molar-refractivity contribution in [3.05, 3.63) is 0 Å². The minimum absolute atomic E-state index is 0.00623. The maximum absolute atomic E-state index is 13.7. The molecule has 0 spiro atoms. The Morgan fingerprint density at radius 3 is 2.08 bits per heavy atom. The molecule has 62 heavy (non-hydrogen) atoms. The van der Waals surface area contributed by atoms with Crippen molar-refractivity contribution in [2.75, 3.05) is 39.5 Å². The standard InChI is InChI=1S/C41H73N3O18/c1-5-25-14-26(38(56)43-12-11-42-30(51)16-41(18-46,19-47)20-48)15-28(36(25)62-40-35(55)34(54)32(52)22(3)60-40)59-21(2)31(44-23(4)49)37(33(53)27(50)17-45)61-29(39(57)58)13-24-9-7-6-8-10-24/h21-22,24-29,31-37,40,45-48,50,52-55H,5-20H2,1-4H3,(H,42,51)(H,43,56)(H,44,49)(H,57,58)/t21-,22?,25?,26?,27?,28-,29+,31?,32-,33+,34?,35?,36?,37?,40+/m1/s1. The van der Waals surface area contributed by atoms with E-state index < -0.39 is 147 Å². The van der Waals surface area contributed by atoms with Gasteiger partial charge in [-0.2, -0.15) is 0 Å². The second kappa shape index (κ2) is 25.7. The van der Waals surface area contributed by atoms with Crippen molar-refractivity contribution < 1.29 is 89.2 Å². The van der Waals surface area contributed by atoms with Crippen LogP contribution in [-0.2, 0) is 38.1 Å². The number of aliphatic carboxylic acids is 1. The van der Waals surface area contributed by atoms with E-state index in [0.717, 1.165) is 32.1 Å². The van der Waals surface area contributed by atoms with Crippen molar-refractivity contribution in [2.24, 2.45) is 23.2 Å². The van der Waals surface area contributed by atoms with Crippen molar-refractivity contribution >= 4 is 23.7 Å². The summed E-state index contributed by atoms with van der Waals surface area (Å²) in [4.78, 5) is 51.6. The lowest BCUT2D eigenvalue weighted by atomic mass is 9.75. The lowest BCUT2D eigenvalue weighted by Crippen LogP contribution is -2.62. The van der Waals surface area contributed by atoms with Gasteiger partial charge in [-0.3, -0.25) is 14.4 Å². The van der Waals surface area contributed by atoms with Gasteiger partial charge < -0.3 is 86.0 Å². The molecule has 0 aromatic carbocycles. The number of rotatable bonds is 25. The zero-order chi connectivity index (χ0) is 46.3. The van der Waals surface area contributed by atoms with Crippen LogP contribution < -0.4 is 16.0 Å². The summed E-state index contributed by atoms with van der Waals surface area (Å²) in [5.74, 6) is -4.18. The Labute approximate surface area is 362 Å². The van der Waals surface area contributed by atoms with Crippen molar-refractivity contribution in [1.82, 2.24) is 16.0 Å². The van der Waals surface area contributed by atoms with Gasteiger partial charge in [-0.05, 0) is 44.9 Å². The molecule has 0 bridgehead atoms. The minimum atomic E-state index is -1.93. The van der Waals surface area contributed by atoms with Gasteiger partial charge in [-0.1, -0.05) is 45.4 Å². The Morgan fingerprint density at radius 1 is 0.887 bits per heavy atom. The van der Waals surface area contributed by atoms with Crippen molar-refractivity contribution in [1.29, 1.82) is 0 Å². The Balaban J connectivity index is 1.93. The predicted octanol–water partition coefficient (Wildman–Crippen LogP) is -2.98. The first kappa shape index (κ1) is 53.7. The number of aliphatic hydroxyl groups excluding tert-OH is 9. The van der Waals surface area contributed by atoms with Crippen LogP contribution in [0.3, 0.4) is 0 Å². The third kappa shape index (κ3) is 15.0. The summed E-state index contributed by atoms with van der Waals surface area (Å²) in [5, 5.41) is 111. The van der Waals surface area contributed by atoms with Gasteiger partial charge in [0.2, 0.25) is 17.7 Å². The van der Waals surface area contributed by atoms with Crippen molar-refractivity contribution in [3.8, 4) is 0 Å². The number of hydrogen-bond acceptors (Lipinski definition) is 17. The molecule has 15 atom stereocenters. The van der Waals surface area contributed by atoms with Crippen LogP contribution in [0.5, 0.6) is 0 Å². The molecule has 1 heterocycles. The fraction of sp³-hybridized carbons (Fsp3) is 0.902. The topological polar surface area (TPSA) is 344 Å². The van der Waals surface area contributed by atoms with Gasteiger partial charge in [0.15, 0.2) is 12.4 Å². The number of aliphatic hydroxyl groups is 9. The van der Waals surface area contributed by atoms with Crippen molar-refractivity contribution in [2.45, 2.75) is 171 Å². The third-order valence-electron chi connectivity index (χ3n) is 12.6. The first-order chi connectivity index (χ1) is 29.3. The fourth-order valence-electron chi connectivity index (χ4n) is 8.69. The molecular weight excluding hydrogens is 822 g/mol. The highest BCUT2D eigenvalue weighted by Crippen LogP contribution is 2.39. The minimum Gasteiger partial charge on any atom is -0.479 e. The molecular formula is C41H73N3O18. The van der Waals surface area contributed by atoms with Gasteiger partial charge in [-0.25, -0.2) is 4.79 Å². The molecule has 3 aliphatic rings. The van der Waals surface area contributed by atoms with Gasteiger partial charge in [0.05, 0.1) is 56.9 Å². The quantitative estimate of drug-likeness (QED) is 0.0407. The predicted molar refractivity (Wildman–Crippen MR) is 217 cm³/mol. The molecule has 3 fully saturated rings. The largest absolute Gasteiger partial charge is 0.479 e. The summed E-state index contributed by atoms with van der Waals surface area (Å²) in [6, 6.07) is -1.37. The highest BCUT2D eigenvalue weighted by atomic mass is 16.7. The second-order valence-electron chi connectivity index (χ2n) is 17.4. The molecule has 2 aliphatic carbocycles. The van der Waals surface area contributed by atoms with E-state index >= 15 is 0 Å². The number of carbonyl (C=O) groups is 4. The number of carbonyl (C=O) groups excluding carboxylic acids is 3. The van der Waals surface area contributed by atoms with Crippen LogP contribution in [0, 0.1) is 23.2 Å². The average molecular weight is 896 g/mol. The zero-order valence-corrected chi connectivity index (χ0v) is 36.3. The number of hydrogen-bond donors (Lipinski definition) is 13. The zero-order valence-electron chi connectivity index (χ0n) is 36.3. The average Bonchev–Trinajstić information content (AvgIpc) is 3.25. The van der Waals surface area contributed by atoms with Gasteiger partial charge in [0, 0.05) is 37.8 Å². The molecule has 21 nitrogen and oxygen atoms in total. The molecule has 0 aromatic rings. The van der Waals surface area contributed by atoms with Crippen LogP contribution >= 0.6 is 0 Å². The van der Waals surface area contributed by atoms with E-state index in [1.165, 1.54) is 20.8 Å². The number of carboxylic acid groups (broad SMARTS) is 1. The lowest BCUT2D eigenvalue weighted by Gasteiger charge is -2.47. The molecule has 3 rings (SSSR count). The van der Waals surface area contributed by atoms with E-state index in [-0.39, 0.29) is 44.7 Å². The van der Waals surface area contributed by atoms with Gasteiger partial charge >= 0.3 is 5.97 Å². The SMILES string of the molecule is CCC1CC(C(=O)NCCNC(=O)CC(CO)(CO)CO)C[C@@H](O[C@H](C)C(NC(C)=O)C(O[C@@H](CC2CCCCC2)C(=O)O)[C@@H](O)C(O)CO)C1O[C@@H]1OC(C)[C@@H](O)C(O)C1O. The molecule has 1 aliphatic heterocycles. The Hall–Kier alpha value is -2.64. The number of ether oxygens (including phenoxy) is 4. The van der Waals surface area contributed by atoms with Crippen LogP contribution in [0.1, 0.15) is 91.9 Å². The summed E-state index contributed by atoms with van der Waals surface area (Å²) < 4.78 is 24.9. The molecule has 1 saturated heterocycles. The maximum atomic E-state index is 13.7. The monoisotopic (exact) mass is 895 g/mol. The third-order valence-corrected chi connectivity index (χ3v) is 12.6. The normalized spacial score (nSPS) is 30.3. The van der Waals surface area contributed by atoms with Gasteiger partial charge in [0.1, 0.15) is 36.6 Å². The Bertz CT molecular complexity index is 1380. The second-order valence-corrected chi connectivity index (χ2v) is 17.4. The Morgan fingerprint density at radius 2 is 1.52 bits per heavy atom. The molecule has 2 saturated carbocycles. The number of carboxylic acids is 1. The van der Waals surface area contributed by atoms with E-state index in [4.69, 9.17) is 18.9 Å². The van der Waals surface area contributed by atoms with Crippen LogP contribution in [0.4, 0.5) is 0 Å². The van der Waals surface area contributed by atoms with E-state index in [0.29, 0.717) is 6.42 Å². The van der Waals surface area contributed by atoms with E-state index in [1.54, 1.807) is 0 Å². The smallest absolute Gasteiger partial charge is 0.332 e. The fourth-order valence-corrected chi connectivity index (χ4v) is 8.69. The molecule has 3 amide bonds. The lowest BCUT2D eigenvalue weighted by molar-refractivity contribution is -0.321. The molecule has 0 radical (unpaired) electrons. The van der Waals surface area contributed by atoms with Crippen LogP contribution in [0.2, 0.25) is 0 Å². The van der Waals surface area contributed by atoms with Gasteiger partial charge in [0.25, 0.3) is 0 Å². The Kier molecular flexibility index (Phi) is 22.3. The number of nitrogens with one attached hydrogen (secondary N) is 3. The van der Waals surface area contributed by atoms with Gasteiger partial charge in [-0.15, -0.1) is 0 Å². The van der Waals surface area contributed by atoms with E-state index in [1.807, 2.05) is 6.92 Å². The highest BCUT2D eigenvalue weighted by molar-refractivity contribution is 5.79. The molecule has 21 heteroatoms. The van der Waals surface area contributed by atoms with Crippen molar-refractivity contribution in [3.63, 3.8) is 0 Å². The summed E-state index contributed by atoms with van der Waals surface area (Å²) in [7, 11) is 0. The molecule has 9 unspecified atom stereocenters. The first-order valence-corrected chi connectivity index (χ1v) is 21.9. The van der Waals surface area contributed by atoms with Crippen LogP contribution in [0.15, 0.2) is 0 Å². The summed E-state index contributed by atoms with van der Waals surface area (Å²) >= 11 is 0. The van der Waals surface area contributed by atoms with Crippen LogP contribution in [-0.4, -0.2) is 194 Å². The van der Waals surface area contributed by atoms with Crippen LogP contribution in [0.25, 0.3) is 0 Å². The molecule has 360 valence electrons. The first-order valence-electron chi connectivity index (χ1n) is 21.9. The van der Waals surface area contributed by atoms with E-state index in [9.17, 15) is 70.2 Å². The molecule has 0 aromatic heterocycles. The maximum Gasteiger partial charge on any atom is 0.332 e. The summed E-state index contributed by atoms with van der Waals surface area (Å²) in [6.45, 7) is 3.13. The number of amides is 3. The summed E-state index contributed by atoms with van der Waals surface area (Å²) in [6.07, 6.45) is -12.6. The highest BCUT2D eigenvalue weighted by Gasteiger charge is 2.49. The molecule has 13 N–H and O–H groups in total. The summed E-state index contributed by atoms with van der Waals surface area (Å²) in [5.41, 5.74) is -1.42. The van der Waals surface area contributed by atoms with E-state index in [2.05, 4.69) is 16.0 Å².